The first-order valence-corrected chi connectivity index (χ1v) is 6.48. The zero-order chi connectivity index (χ0) is 14.5. The molecule has 1 aromatic rings. The van der Waals surface area contributed by atoms with E-state index >= 15 is 0 Å². The molecule has 2 rings (SSSR count). The lowest BCUT2D eigenvalue weighted by atomic mass is 10.0. The topological polar surface area (TPSA) is 101 Å². The van der Waals surface area contributed by atoms with Crippen LogP contribution in [0, 0.1) is 6.92 Å². The van der Waals surface area contributed by atoms with Crippen molar-refractivity contribution in [3.05, 3.63) is 33.7 Å². The van der Waals surface area contributed by atoms with Gasteiger partial charge in [0, 0.05) is 42.5 Å². The number of hydrogen-bond acceptors (Lipinski definition) is 4. The van der Waals surface area contributed by atoms with Crippen LogP contribution in [0.25, 0.3) is 10.4 Å². The highest BCUT2D eigenvalue weighted by molar-refractivity contribution is 5.74. The van der Waals surface area contributed by atoms with E-state index in [1.165, 1.54) is 0 Å². The van der Waals surface area contributed by atoms with Crippen molar-refractivity contribution in [1.82, 2.24) is 5.32 Å². The van der Waals surface area contributed by atoms with E-state index < -0.39 is 5.97 Å². The van der Waals surface area contributed by atoms with E-state index in [1.54, 1.807) is 6.92 Å². The third-order valence-electron chi connectivity index (χ3n) is 3.45. The number of carboxylic acid groups (broad SMARTS) is 1. The van der Waals surface area contributed by atoms with Gasteiger partial charge in [-0.1, -0.05) is 5.11 Å². The van der Waals surface area contributed by atoms with Crippen LogP contribution in [0.1, 0.15) is 11.1 Å². The average Bonchev–Trinajstić information content (AvgIpc) is 2.44. The Morgan fingerprint density at radius 3 is 2.80 bits per heavy atom. The molecule has 0 aliphatic carbocycles. The van der Waals surface area contributed by atoms with Crippen LogP contribution >= 0.6 is 0 Å². The van der Waals surface area contributed by atoms with E-state index in [0.29, 0.717) is 11.3 Å². The number of benzene rings is 1. The molecule has 2 N–H and O–H groups in total. The highest BCUT2D eigenvalue weighted by Crippen LogP contribution is 2.30. The first kappa shape index (κ1) is 14.2. The van der Waals surface area contributed by atoms with E-state index in [2.05, 4.69) is 20.2 Å². The van der Waals surface area contributed by atoms with Crippen molar-refractivity contribution in [2.75, 3.05) is 31.1 Å². The van der Waals surface area contributed by atoms with Crippen molar-refractivity contribution in [2.45, 2.75) is 13.3 Å². The minimum absolute atomic E-state index is 0.0697. The van der Waals surface area contributed by atoms with Gasteiger partial charge < -0.3 is 15.3 Å². The maximum atomic E-state index is 11.0. The molecule has 1 saturated heterocycles. The van der Waals surface area contributed by atoms with Gasteiger partial charge in [-0.15, -0.1) is 0 Å². The molecule has 7 nitrogen and oxygen atoms in total. The summed E-state index contributed by atoms with van der Waals surface area (Å²) in [5, 5.41) is 15.9. The van der Waals surface area contributed by atoms with Crippen LogP contribution in [0.15, 0.2) is 17.2 Å². The number of carbonyl (C=O) groups is 1. The van der Waals surface area contributed by atoms with Crippen molar-refractivity contribution in [3.8, 4) is 0 Å². The first-order chi connectivity index (χ1) is 9.61. The van der Waals surface area contributed by atoms with Crippen LogP contribution in [0.3, 0.4) is 0 Å². The molecule has 0 unspecified atom stereocenters. The summed E-state index contributed by atoms with van der Waals surface area (Å²) in [5.74, 6) is -0.891. The number of rotatable bonds is 4. The van der Waals surface area contributed by atoms with Gasteiger partial charge in [-0.2, -0.15) is 0 Å². The number of anilines is 1. The normalized spacial score (nSPS) is 14.8. The standard InChI is InChI=1S/C13H17N5O2/c1-9-10(7-13(19)20)6-11(8-12(9)16-17-14)18-4-2-15-3-5-18/h6,8,15H,2-5,7H2,1H3,(H,19,20). The zero-order valence-electron chi connectivity index (χ0n) is 11.3. The number of hydrogen-bond donors (Lipinski definition) is 2. The molecule has 0 bridgehead atoms. The molecule has 1 aliphatic rings. The summed E-state index contributed by atoms with van der Waals surface area (Å²) < 4.78 is 0. The SMILES string of the molecule is Cc1c(CC(=O)O)cc(N2CCNCC2)cc1N=[N+]=[N-]. The molecular formula is C13H17N5O2. The van der Waals surface area contributed by atoms with E-state index in [1.807, 2.05) is 12.1 Å². The number of nitrogens with one attached hydrogen (secondary N) is 1. The van der Waals surface area contributed by atoms with Gasteiger partial charge in [0.2, 0.25) is 0 Å². The van der Waals surface area contributed by atoms with Gasteiger partial charge in [0.15, 0.2) is 0 Å². The number of carboxylic acids is 1. The zero-order valence-corrected chi connectivity index (χ0v) is 11.3. The second kappa shape index (κ2) is 6.27. The van der Waals surface area contributed by atoms with Gasteiger partial charge in [-0.05, 0) is 35.7 Å². The lowest BCUT2D eigenvalue weighted by Crippen LogP contribution is -2.43. The van der Waals surface area contributed by atoms with Gasteiger partial charge in [-0.25, -0.2) is 0 Å². The van der Waals surface area contributed by atoms with Crippen molar-refractivity contribution in [1.29, 1.82) is 0 Å². The summed E-state index contributed by atoms with van der Waals surface area (Å²) in [5.41, 5.74) is 11.5. The van der Waals surface area contributed by atoms with Crippen LogP contribution in [0.5, 0.6) is 0 Å². The highest BCUT2D eigenvalue weighted by Gasteiger charge is 2.15. The second-order valence-corrected chi connectivity index (χ2v) is 4.75. The Hall–Kier alpha value is -2.24. The largest absolute Gasteiger partial charge is 0.481 e. The maximum Gasteiger partial charge on any atom is 0.307 e. The highest BCUT2D eigenvalue weighted by atomic mass is 16.4. The van der Waals surface area contributed by atoms with Crippen molar-refractivity contribution >= 4 is 17.3 Å². The fourth-order valence-corrected chi connectivity index (χ4v) is 2.35. The molecule has 20 heavy (non-hydrogen) atoms. The molecule has 7 heteroatoms. The Morgan fingerprint density at radius 2 is 2.20 bits per heavy atom. The van der Waals surface area contributed by atoms with Crippen LogP contribution < -0.4 is 10.2 Å². The fourth-order valence-electron chi connectivity index (χ4n) is 2.35. The smallest absolute Gasteiger partial charge is 0.307 e. The second-order valence-electron chi connectivity index (χ2n) is 4.75. The van der Waals surface area contributed by atoms with Crippen molar-refractivity contribution in [2.24, 2.45) is 5.11 Å². The molecule has 0 spiro atoms. The number of piperazine rings is 1. The third kappa shape index (κ3) is 3.20. The molecule has 0 saturated carbocycles. The van der Waals surface area contributed by atoms with E-state index in [-0.39, 0.29) is 6.42 Å². The monoisotopic (exact) mass is 275 g/mol. The Kier molecular flexibility index (Phi) is 4.45. The Balaban J connectivity index is 2.42. The van der Waals surface area contributed by atoms with Crippen molar-refractivity contribution in [3.63, 3.8) is 0 Å². The van der Waals surface area contributed by atoms with Gasteiger partial charge in [0.1, 0.15) is 0 Å². The van der Waals surface area contributed by atoms with Gasteiger partial charge in [0.05, 0.1) is 6.42 Å². The lowest BCUT2D eigenvalue weighted by Gasteiger charge is -2.30. The predicted molar refractivity (Wildman–Crippen MR) is 76.4 cm³/mol. The quantitative estimate of drug-likeness (QED) is 0.498. The molecule has 0 radical (unpaired) electrons. The summed E-state index contributed by atoms with van der Waals surface area (Å²) >= 11 is 0. The van der Waals surface area contributed by atoms with E-state index in [9.17, 15) is 4.79 Å². The van der Waals surface area contributed by atoms with Crippen molar-refractivity contribution < 1.29 is 9.90 Å². The Morgan fingerprint density at radius 1 is 1.50 bits per heavy atom. The molecule has 0 atom stereocenters. The van der Waals surface area contributed by atoms with Crippen LogP contribution in [0.4, 0.5) is 11.4 Å². The summed E-state index contributed by atoms with van der Waals surface area (Å²) in [4.78, 5) is 15.9. The molecule has 1 fully saturated rings. The van der Waals surface area contributed by atoms with Crippen LogP contribution in [0.2, 0.25) is 0 Å². The number of azide groups is 1. The summed E-state index contributed by atoms with van der Waals surface area (Å²) in [6.07, 6.45) is -0.0697. The van der Waals surface area contributed by atoms with Gasteiger partial charge in [-0.3, -0.25) is 4.79 Å². The van der Waals surface area contributed by atoms with Crippen LogP contribution in [-0.4, -0.2) is 37.3 Å². The third-order valence-corrected chi connectivity index (χ3v) is 3.45. The minimum Gasteiger partial charge on any atom is -0.481 e. The molecule has 1 aromatic carbocycles. The maximum absolute atomic E-state index is 11.0. The number of nitrogens with zero attached hydrogens (tertiary/aromatic N) is 4. The minimum atomic E-state index is -0.891. The van der Waals surface area contributed by atoms with E-state index in [4.69, 9.17) is 10.6 Å². The lowest BCUT2D eigenvalue weighted by molar-refractivity contribution is -0.136. The van der Waals surface area contributed by atoms with Gasteiger partial charge >= 0.3 is 5.97 Å². The van der Waals surface area contributed by atoms with E-state index in [0.717, 1.165) is 37.4 Å². The predicted octanol–water partition coefficient (Wildman–Crippen LogP) is 1.97. The first-order valence-electron chi connectivity index (χ1n) is 6.48. The number of aliphatic carboxylic acids is 1. The molecule has 0 amide bonds. The summed E-state index contributed by atoms with van der Waals surface area (Å²) in [6.45, 7) is 5.26. The molecule has 1 heterocycles. The van der Waals surface area contributed by atoms with Gasteiger partial charge in [0.25, 0.3) is 0 Å². The summed E-state index contributed by atoms with van der Waals surface area (Å²) in [6, 6.07) is 3.71. The fraction of sp³-hybridized carbons (Fsp3) is 0.462. The summed E-state index contributed by atoms with van der Waals surface area (Å²) in [7, 11) is 0. The van der Waals surface area contributed by atoms with Crippen LogP contribution in [-0.2, 0) is 11.2 Å². The Labute approximate surface area is 116 Å². The molecule has 0 aromatic heterocycles. The molecular weight excluding hydrogens is 258 g/mol. The Bertz CT molecular complexity index is 560. The molecule has 106 valence electrons. The average molecular weight is 275 g/mol. The molecule has 1 aliphatic heterocycles.